The monoisotopic (exact) mass is 442 g/mol. The zero-order valence-electron chi connectivity index (χ0n) is 18.2. The smallest absolute Gasteiger partial charge is 0.254 e. The van der Waals surface area contributed by atoms with Crippen molar-refractivity contribution in [3.63, 3.8) is 0 Å². The van der Waals surface area contributed by atoms with Crippen LogP contribution in [0, 0.1) is 18.8 Å². The van der Waals surface area contributed by atoms with Gasteiger partial charge >= 0.3 is 0 Å². The summed E-state index contributed by atoms with van der Waals surface area (Å²) >= 11 is 1.53. The molecule has 3 heterocycles. The summed E-state index contributed by atoms with van der Waals surface area (Å²) in [6.45, 7) is 7.01. The maximum absolute atomic E-state index is 13.2. The van der Waals surface area contributed by atoms with E-state index in [1.54, 1.807) is 6.92 Å². The molecule has 4 rings (SSSR count). The van der Waals surface area contributed by atoms with Crippen LogP contribution in [0.3, 0.4) is 0 Å². The molecule has 2 aliphatic rings. The second kappa shape index (κ2) is 9.85. The van der Waals surface area contributed by atoms with E-state index in [2.05, 4.69) is 17.1 Å². The largest absolute Gasteiger partial charge is 0.342 e. The molecular formula is C23H30N4O3S. The number of thioether (sulfide) groups is 1. The molecule has 2 amide bonds. The van der Waals surface area contributed by atoms with Crippen molar-refractivity contribution in [3.05, 3.63) is 41.5 Å². The number of piperidine rings is 2. The highest BCUT2D eigenvalue weighted by molar-refractivity contribution is 7.98. The number of aryl methyl sites for hydroxylation is 1. The SMILES string of the molecule is Cc1noc(CSc2ccccc2C(=O)N2CCC(C(=O)N3CCCC(C)C3)CC2)n1. The number of hydrogen-bond acceptors (Lipinski definition) is 6. The number of likely N-dealkylation sites (tertiary alicyclic amines) is 2. The highest BCUT2D eigenvalue weighted by atomic mass is 32.2. The van der Waals surface area contributed by atoms with Crippen molar-refractivity contribution in [1.29, 1.82) is 0 Å². The Hall–Kier alpha value is -2.35. The van der Waals surface area contributed by atoms with E-state index in [0.717, 1.165) is 37.2 Å². The first kappa shape index (κ1) is 21.9. The molecule has 1 atom stereocenters. The summed E-state index contributed by atoms with van der Waals surface area (Å²) in [6.07, 6.45) is 3.79. The van der Waals surface area contributed by atoms with Crippen molar-refractivity contribution in [2.45, 2.75) is 50.2 Å². The fraction of sp³-hybridized carbons (Fsp3) is 0.565. The van der Waals surface area contributed by atoms with Gasteiger partial charge in [0.1, 0.15) is 0 Å². The van der Waals surface area contributed by atoms with Crippen molar-refractivity contribution in [2.24, 2.45) is 11.8 Å². The van der Waals surface area contributed by atoms with E-state index in [1.807, 2.05) is 34.1 Å². The number of carbonyl (C=O) groups excluding carboxylic acids is 2. The van der Waals surface area contributed by atoms with Gasteiger partial charge in [-0.1, -0.05) is 24.2 Å². The Morgan fingerprint density at radius 2 is 1.90 bits per heavy atom. The van der Waals surface area contributed by atoms with Gasteiger partial charge < -0.3 is 14.3 Å². The lowest BCUT2D eigenvalue weighted by atomic mass is 9.92. The molecule has 2 saturated heterocycles. The molecule has 1 unspecified atom stereocenters. The molecule has 0 N–H and O–H groups in total. The van der Waals surface area contributed by atoms with E-state index in [4.69, 9.17) is 4.52 Å². The summed E-state index contributed by atoms with van der Waals surface area (Å²) in [7, 11) is 0. The van der Waals surface area contributed by atoms with E-state index in [-0.39, 0.29) is 17.7 Å². The molecule has 8 heteroatoms. The number of hydrogen-bond donors (Lipinski definition) is 0. The number of benzene rings is 1. The van der Waals surface area contributed by atoms with Crippen LogP contribution in [0.1, 0.15) is 54.7 Å². The molecule has 0 saturated carbocycles. The third-order valence-corrected chi connectivity index (χ3v) is 7.20. The fourth-order valence-electron chi connectivity index (χ4n) is 4.45. The van der Waals surface area contributed by atoms with E-state index in [0.29, 0.717) is 42.0 Å². The van der Waals surface area contributed by atoms with Gasteiger partial charge in [0.05, 0.1) is 11.3 Å². The maximum Gasteiger partial charge on any atom is 0.254 e. The van der Waals surface area contributed by atoms with Crippen LogP contribution in [0.5, 0.6) is 0 Å². The normalized spacial score (nSPS) is 20.1. The van der Waals surface area contributed by atoms with Crippen molar-refractivity contribution in [1.82, 2.24) is 19.9 Å². The van der Waals surface area contributed by atoms with Gasteiger partial charge in [-0.2, -0.15) is 4.98 Å². The van der Waals surface area contributed by atoms with Crippen LogP contribution in [-0.2, 0) is 10.5 Å². The molecule has 1 aromatic heterocycles. The predicted octanol–water partition coefficient (Wildman–Crippen LogP) is 3.78. The van der Waals surface area contributed by atoms with Crippen LogP contribution < -0.4 is 0 Å². The van der Waals surface area contributed by atoms with Crippen LogP contribution in [0.25, 0.3) is 0 Å². The number of aromatic nitrogens is 2. The summed E-state index contributed by atoms with van der Waals surface area (Å²) in [5.74, 6) is 2.62. The molecule has 1 aromatic carbocycles. The molecule has 0 spiro atoms. The second-order valence-electron chi connectivity index (χ2n) is 8.62. The van der Waals surface area contributed by atoms with E-state index in [9.17, 15) is 9.59 Å². The molecule has 2 fully saturated rings. The van der Waals surface area contributed by atoms with Gasteiger partial charge in [0.25, 0.3) is 5.91 Å². The zero-order valence-corrected chi connectivity index (χ0v) is 19.1. The minimum absolute atomic E-state index is 0.0299. The summed E-state index contributed by atoms with van der Waals surface area (Å²) < 4.78 is 5.18. The van der Waals surface area contributed by atoms with E-state index < -0.39 is 0 Å². The first-order valence-corrected chi connectivity index (χ1v) is 12.1. The summed E-state index contributed by atoms with van der Waals surface area (Å²) in [4.78, 5) is 35.2. The average molecular weight is 443 g/mol. The fourth-order valence-corrected chi connectivity index (χ4v) is 5.34. The Kier molecular flexibility index (Phi) is 6.95. The van der Waals surface area contributed by atoms with Crippen LogP contribution in [0.2, 0.25) is 0 Å². The lowest BCUT2D eigenvalue weighted by Crippen LogP contribution is -2.47. The highest BCUT2D eigenvalue weighted by Gasteiger charge is 2.32. The highest BCUT2D eigenvalue weighted by Crippen LogP contribution is 2.29. The first-order chi connectivity index (χ1) is 15.0. The summed E-state index contributed by atoms with van der Waals surface area (Å²) in [5, 5.41) is 3.81. The molecule has 2 aliphatic heterocycles. The van der Waals surface area contributed by atoms with E-state index in [1.165, 1.54) is 18.2 Å². The Balaban J connectivity index is 1.35. The van der Waals surface area contributed by atoms with Gasteiger partial charge in [-0.15, -0.1) is 11.8 Å². The molecular weight excluding hydrogens is 412 g/mol. The van der Waals surface area contributed by atoms with Crippen molar-refractivity contribution >= 4 is 23.6 Å². The van der Waals surface area contributed by atoms with Gasteiger partial charge in [-0.25, -0.2) is 0 Å². The van der Waals surface area contributed by atoms with Crippen molar-refractivity contribution < 1.29 is 14.1 Å². The van der Waals surface area contributed by atoms with E-state index >= 15 is 0 Å². The van der Waals surface area contributed by atoms with Gasteiger partial charge in [0.15, 0.2) is 5.82 Å². The maximum atomic E-state index is 13.2. The van der Waals surface area contributed by atoms with Crippen molar-refractivity contribution in [3.8, 4) is 0 Å². The number of carbonyl (C=O) groups is 2. The minimum Gasteiger partial charge on any atom is -0.342 e. The molecule has 31 heavy (non-hydrogen) atoms. The lowest BCUT2D eigenvalue weighted by Gasteiger charge is -2.37. The number of rotatable bonds is 5. The lowest BCUT2D eigenvalue weighted by molar-refractivity contribution is -0.138. The van der Waals surface area contributed by atoms with Crippen molar-refractivity contribution in [2.75, 3.05) is 26.2 Å². The van der Waals surface area contributed by atoms with Crippen LogP contribution >= 0.6 is 11.8 Å². The first-order valence-electron chi connectivity index (χ1n) is 11.1. The molecule has 166 valence electrons. The van der Waals surface area contributed by atoms with Gasteiger partial charge in [-0.3, -0.25) is 9.59 Å². The Bertz CT molecular complexity index is 923. The van der Waals surface area contributed by atoms with Crippen LogP contribution in [0.15, 0.2) is 33.7 Å². The second-order valence-corrected chi connectivity index (χ2v) is 9.64. The van der Waals surface area contributed by atoms with Crippen LogP contribution in [0.4, 0.5) is 0 Å². The average Bonchev–Trinajstić information content (AvgIpc) is 3.22. The zero-order chi connectivity index (χ0) is 21.8. The summed E-state index contributed by atoms with van der Waals surface area (Å²) in [6, 6.07) is 7.65. The third-order valence-electron chi connectivity index (χ3n) is 6.14. The summed E-state index contributed by atoms with van der Waals surface area (Å²) in [5.41, 5.74) is 0.693. The Labute approximate surface area is 187 Å². The van der Waals surface area contributed by atoms with Crippen LogP contribution in [-0.4, -0.2) is 57.9 Å². The molecule has 0 bridgehead atoms. The van der Waals surface area contributed by atoms with Gasteiger partial charge in [0.2, 0.25) is 11.8 Å². The predicted molar refractivity (Wildman–Crippen MR) is 119 cm³/mol. The minimum atomic E-state index is 0.0299. The molecule has 0 radical (unpaired) electrons. The topological polar surface area (TPSA) is 79.5 Å². The quantitative estimate of drug-likeness (QED) is 0.656. The Morgan fingerprint density at radius 3 is 2.61 bits per heavy atom. The molecule has 7 nitrogen and oxygen atoms in total. The molecule has 0 aliphatic carbocycles. The number of amides is 2. The standard InChI is InChI=1S/C23H30N4O3S/c1-16-6-5-11-27(14-16)22(28)18-9-12-26(13-10-18)23(29)19-7-3-4-8-20(19)31-15-21-24-17(2)25-30-21/h3-4,7-8,16,18H,5-6,9-15H2,1-2H3. The third kappa shape index (κ3) is 5.29. The molecule has 2 aromatic rings. The Morgan fingerprint density at radius 1 is 1.13 bits per heavy atom. The number of nitrogens with zero attached hydrogens (tertiary/aromatic N) is 4. The van der Waals surface area contributed by atoms with Gasteiger partial charge in [-0.05, 0) is 50.7 Å². The van der Waals surface area contributed by atoms with Gasteiger partial charge in [0, 0.05) is 37.0 Å².